The van der Waals surface area contributed by atoms with Crippen molar-refractivity contribution < 1.29 is 63.5 Å². The molecule has 2 rings (SSSR count). The number of aliphatic carboxylic acids is 1. The molecule has 0 radical (unpaired) electrons. The van der Waals surface area contributed by atoms with Crippen molar-refractivity contribution in [2.24, 2.45) is 5.92 Å². The van der Waals surface area contributed by atoms with Gasteiger partial charge in [0.05, 0.1) is 19.3 Å². The molecule has 0 aromatic heterocycles. The summed E-state index contributed by atoms with van der Waals surface area (Å²) in [5.41, 5.74) is 0. The van der Waals surface area contributed by atoms with Crippen LogP contribution < -0.4 is 0 Å². The van der Waals surface area contributed by atoms with Crippen molar-refractivity contribution in [2.45, 2.75) is 68.1 Å². The van der Waals surface area contributed by atoms with Gasteiger partial charge in [0.25, 0.3) is 0 Å². The van der Waals surface area contributed by atoms with Crippen molar-refractivity contribution >= 4 is 12.3 Å². The van der Waals surface area contributed by atoms with E-state index in [9.17, 15) is 30.0 Å². The third-order valence-electron chi connectivity index (χ3n) is 5.59. The van der Waals surface area contributed by atoms with Crippen LogP contribution in [0.25, 0.3) is 0 Å². The molecule has 10 atom stereocenters. The van der Waals surface area contributed by atoms with Gasteiger partial charge in [-0.1, -0.05) is 0 Å². The highest BCUT2D eigenvalue weighted by Crippen LogP contribution is 2.35. The Morgan fingerprint density at radius 3 is 2.09 bits per heavy atom. The molecule has 32 heavy (non-hydrogen) atoms. The van der Waals surface area contributed by atoms with E-state index in [1.807, 2.05) is 0 Å². The summed E-state index contributed by atoms with van der Waals surface area (Å²) in [5.74, 6) is -2.06. The summed E-state index contributed by atoms with van der Waals surface area (Å²) in [4.78, 5) is 21.8. The highest BCUT2D eigenvalue weighted by molar-refractivity contribution is 5.68. The lowest BCUT2D eigenvalue weighted by Crippen LogP contribution is -2.64. The zero-order valence-corrected chi connectivity index (χ0v) is 17.9. The largest absolute Gasteiger partial charge is 0.480 e. The maximum absolute atomic E-state index is 10.9. The van der Waals surface area contributed by atoms with E-state index in [0.717, 1.165) is 0 Å². The predicted molar refractivity (Wildman–Crippen MR) is 102 cm³/mol. The van der Waals surface area contributed by atoms with E-state index >= 15 is 0 Å². The van der Waals surface area contributed by atoms with Gasteiger partial charge in [-0.25, -0.2) is 4.79 Å². The minimum absolute atomic E-state index is 0.0778. The monoisotopic (exact) mass is 468 g/mol. The van der Waals surface area contributed by atoms with Crippen molar-refractivity contribution in [1.29, 1.82) is 0 Å². The van der Waals surface area contributed by atoms with Crippen LogP contribution in [0, 0.1) is 5.92 Å². The summed E-state index contributed by atoms with van der Waals surface area (Å²) in [6.45, 7) is -1.84. The van der Waals surface area contributed by atoms with Crippen LogP contribution in [-0.2, 0) is 38.0 Å². The lowest BCUT2D eigenvalue weighted by Gasteiger charge is -2.48. The molecule has 13 heteroatoms. The normalized spacial score (nSPS) is 40.2. The maximum atomic E-state index is 10.9. The van der Waals surface area contributed by atoms with Crippen LogP contribution in [0.15, 0.2) is 0 Å². The minimum atomic E-state index is -1.51. The Morgan fingerprint density at radius 2 is 1.56 bits per heavy atom. The molecule has 2 heterocycles. The fourth-order valence-corrected chi connectivity index (χ4v) is 4.01. The van der Waals surface area contributed by atoms with Crippen LogP contribution in [0.5, 0.6) is 0 Å². The van der Waals surface area contributed by atoms with Crippen LogP contribution in [0.1, 0.15) is 12.8 Å². The lowest BCUT2D eigenvalue weighted by atomic mass is 9.87. The molecule has 13 nitrogen and oxygen atoms in total. The van der Waals surface area contributed by atoms with E-state index in [1.165, 1.54) is 14.2 Å². The number of aldehydes is 1. The number of methoxy groups -OCH3 is 2. The summed E-state index contributed by atoms with van der Waals surface area (Å²) in [5, 5.41) is 49.9. The second-order valence-electron chi connectivity index (χ2n) is 7.55. The first-order valence-corrected chi connectivity index (χ1v) is 10.2. The molecule has 0 saturated carbocycles. The van der Waals surface area contributed by atoms with Crippen molar-refractivity contribution in [3.05, 3.63) is 0 Å². The Bertz CT molecular complexity index is 590. The van der Waals surface area contributed by atoms with Gasteiger partial charge in [-0.15, -0.1) is 0 Å². The van der Waals surface area contributed by atoms with Crippen LogP contribution in [-0.4, -0.2) is 127 Å². The van der Waals surface area contributed by atoms with Gasteiger partial charge in [-0.05, 0) is 6.42 Å². The zero-order valence-electron chi connectivity index (χ0n) is 17.9. The van der Waals surface area contributed by atoms with E-state index in [2.05, 4.69) is 0 Å². The van der Waals surface area contributed by atoms with Gasteiger partial charge in [0.15, 0.2) is 12.6 Å². The molecule has 186 valence electrons. The Morgan fingerprint density at radius 1 is 0.938 bits per heavy atom. The standard InChI is InChI=1S/C19H32O13/c1-27-15-10(6-21)30-18(9(13(15)25)4-3-5-20)32-16-11(7-22)31-19(28-2)17(14(16)26)29-8-12(23)24/h5,9-11,13-19,21-22,25-26H,3-4,6-8H2,1-2H3,(H,23,24)/t9?,10?,11?,13-,14+,15-,16-,17?,18+,19-/m1/s1. The van der Waals surface area contributed by atoms with E-state index in [0.29, 0.717) is 6.29 Å². The van der Waals surface area contributed by atoms with Gasteiger partial charge in [-0.3, -0.25) is 0 Å². The molecule has 0 aromatic carbocycles. The molecule has 0 bridgehead atoms. The molecule has 2 saturated heterocycles. The molecular formula is C19H32O13. The van der Waals surface area contributed by atoms with E-state index in [1.54, 1.807) is 0 Å². The number of hydrogen-bond donors (Lipinski definition) is 5. The molecule has 4 unspecified atom stereocenters. The minimum Gasteiger partial charge on any atom is -0.480 e. The summed E-state index contributed by atoms with van der Waals surface area (Å²) in [6, 6.07) is 0. The number of aliphatic hydroxyl groups excluding tert-OH is 4. The maximum Gasteiger partial charge on any atom is 0.329 e. The molecule has 5 N–H and O–H groups in total. The van der Waals surface area contributed by atoms with Gasteiger partial charge in [-0.2, -0.15) is 0 Å². The molecular weight excluding hydrogens is 436 g/mol. The number of carbonyl (C=O) groups excluding carboxylic acids is 1. The number of rotatable bonds is 12. The molecule has 2 aliphatic rings. The third kappa shape index (κ3) is 6.20. The smallest absolute Gasteiger partial charge is 0.329 e. The lowest BCUT2D eigenvalue weighted by molar-refractivity contribution is -0.355. The summed E-state index contributed by atoms with van der Waals surface area (Å²) >= 11 is 0. The van der Waals surface area contributed by atoms with Crippen LogP contribution in [0.4, 0.5) is 0 Å². The quantitative estimate of drug-likeness (QED) is 0.185. The number of aliphatic hydroxyl groups is 4. The number of ether oxygens (including phenoxy) is 6. The van der Waals surface area contributed by atoms with Crippen LogP contribution in [0.3, 0.4) is 0 Å². The Hall–Kier alpha value is -1.26. The summed E-state index contributed by atoms with van der Waals surface area (Å²) in [7, 11) is 2.60. The van der Waals surface area contributed by atoms with Crippen molar-refractivity contribution in [3.63, 3.8) is 0 Å². The van der Waals surface area contributed by atoms with E-state index in [4.69, 9.17) is 33.5 Å². The Labute approximate surface area is 184 Å². The van der Waals surface area contributed by atoms with Crippen molar-refractivity contribution in [2.75, 3.05) is 34.0 Å². The molecule has 2 fully saturated rings. The molecule has 2 aliphatic heterocycles. The van der Waals surface area contributed by atoms with Gasteiger partial charge < -0.3 is 58.7 Å². The first-order chi connectivity index (χ1) is 15.3. The Balaban J connectivity index is 2.26. The highest BCUT2D eigenvalue weighted by Gasteiger charge is 2.51. The number of carboxylic acid groups (broad SMARTS) is 1. The molecule has 0 aliphatic carbocycles. The SMILES string of the molecule is CO[C@@H]1OC(CO)[C@@H](O[C@@H]2OC(CO)[C@@H](OC)[C@H](O)C2CCC=O)[C@H](O)C1OCC(=O)O. The molecule has 0 aromatic rings. The second kappa shape index (κ2) is 12.8. The van der Waals surface area contributed by atoms with Crippen molar-refractivity contribution in [3.8, 4) is 0 Å². The Kier molecular flexibility index (Phi) is 10.8. The topological polar surface area (TPSA) is 191 Å². The molecule has 0 spiro atoms. The second-order valence-corrected chi connectivity index (χ2v) is 7.55. The van der Waals surface area contributed by atoms with Gasteiger partial charge in [0.1, 0.15) is 49.5 Å². The first kappa shape index (κ1) is 27.0. The van der Waals surface area contributed by atoms with Gasteiger partial charge in [0.2, 0.25) is 0 Å². The zero-order chi connectivity index (χ0) is 23.8. The van der Waals surface area contributed by atoms with Crippen molar-refractivity contribution in [1.82, 2.24) is 0 Å². The van der Waals surface area contributed by atoms with E-state index in [-0.39, 0.29) is 12.8 Å². The summed E-state index contributed by atoms with van der Waals surface area (Å²) < 4.78 is 32.8. The fraction of sp³-hybridized carbons (Fsp3) is 0.895. The number of carbonyl (C=O) groups is 2. The third-order valence-corrected chi connectivity index (χ3v) is 5.59. The van der Waals surface area contributed by atoms with Crippen LogP contribution in [0.2, 0.25) is 0 Å². The predicted octanol–water partition coefficient (Wildman–Crippen LogP) is -2.75. The van der Waals surface area contributed by atoms with E-state index < -0.39 is 87.0 Å². The van der Waals surface area contributed by atoms with Gasteiger partial charge in [0, 0.05) is 26.6 Å². The van der Waals surface area contributed by atoms with Gasteiger partial charge >= 0.3 is 5.97 Å². The average molecular weight is 468 g/mol. The fourth-order valence-electron chi connectivity index (χ4n) is 4.01. The highest BCUT2D eigenvalue weighted by atomic mass is 16.7. The first-order valence-electron chi connectivity index (χ1n) is 10.2. The number of carboxylic acids is 1. The number of hydrogen-bond acceptors (Lipinski definition) is 12. The average Bonchev–Trinajstić information content (AvgIpc) is 2.78. The van der Waals surface area contributed by atoms with Crippen LogP contribution >= 0.6 is 0 Å². The molecule has 0 amide bonds. The summed E-state index contributed by atoms with van der Waals surface area (Å²) in [6.07, 6.45) is -9.70.